The van der Waals surface area contributed by atoms with Crippen molar-refractivity contribution in [3.63, 3.8) is 0 Å². The van der Waals surface area contributed by atoms with Crippen LogP contribution in [-0.2, 0) is 28.9 Å². The van der Waals surface area contributed by atoms with Gasteiger partial charge >= 0.3 is 0 Å². The van der Waals surface area contributed by atoms with E-state index in [4.69, 9.17) is 16.0 Å². The van der Waals surface area contributed by atoms with Gasteiger partial charge < -0.3 is 4.42 Å². The Morgan fingerprint density at radius 2 is 1.90 bits per heavy atom. The standard InChI is InChI=1S/C14H14ClNO3S/c15-9-13-5-6-14(19-13)20(17,18)16-8-7-11-3-1-2-4-12(11)10-16/h1-6H,7-10H2. The van der Waals surface area contributed by atoms with Crippen molar-refractivity contribution in [3.05, 3.63) is 53.3 Å². The molecule has 3 rings (SSSR count). The van der Waals surface area contributed by atoms with Gasteiger partial charge in [0, 0.05) is 13.1 Å². The van der Waals surface area contributed by atoms with Crippen LogP contribution in [-0.4, -0.2) is 19.3 Å². The number of sulfonamides is 1. The summed E-state index contributed by atoms with van der Waals surface area (Å²) in [4.78, 5) is 0. The van der Waals surface area contributed by atoms with Crippen molar-refractivity contribution >= 4 is 21.6 Å². The Labute approximate surface area is 123 Å². The van der Waals surface area contributed by atoms with Crippen LogP contribution in [0.15, 0.2) is 45.9 Å². The molecular formula is C14H14ClNO3S. The number of rotatable bonds is 3. The van der Waals surface area contributed by atoms with E-state index in [1.165, 1.54) is 15.9 Å². The summed E-state index contributed by atoms with van der Waals surface area (Å²) in [6.07, 6.45) is 0.721. The van der Waals surface area contributed by atoms with E-state index in [2.05, 4.69) is 0 Å². The van der Waals surface area contributed by atoms with Gasteiger partial charge in [0.2, 0.25) is 5.09 Å². The second-order valence-corrected chi connectivity index (χ2v) is 6.85. The predicted octanol–water partition coefficient (Wildman–Crippen LogP) is 2.77. The van der Waals surface area contributed by atoms with E-state index in [0.717, 1.165) is 12.0 Å². The minimum atomic E-state index is -3.59. The summed E-state index contributed by atoms with van der Waals surface area (Å²) in [5.41, 5.74) is 2.26. The first-order chi connectivity index (χ1) is 9.61. The molecule has 106 valence electrons. The first-order valence-electron chi connectivity index (χ1n) is 6.33. The minimum absolute atomic E-state index is 0.0347. The number of furan rings is 1. The van der Waals surface area contributed by atoms with Crippen molar-refractivity contribution in [2.24, 2.45) is 0 Å². The van der Waals surface area contributed by atoms with Crippen molar-refractivity contribution in [1.29, 1.82) is 0 Å². The largest absolute Gasteiger partial charge is 0.447 e. The van der Waals surface area contributed by atoms with E-state index in [0.29, 0.717) is 18.8 Å². The Morgan fingerprint density at radius 1 is 1.15 bits per heavy atom. The molecular weight excluding hydrogens is 298 g/mol. The lowest BCUT2D eigenvalue weighted by Crippen LogP contribution is -2.35. The molecule has 0 saturated carbocycles. The molecule has 6 heteroatoms. The topological polar surface area (TPSA) is 50.5 Å². The summed E-state index contributed by atoms with van der Waals surface area (Å²) in [7, 11) is -3.59. The van der Waals surface area contributed by atoms with E-state index in [1.54, 1.807) is 6.07 Å². The van der Waals surface area contributed by atoms with Gasteiger partial charge in [-0.25, -0.2) is 8.42 Å². The maximum atomic E-state index is 12.5. The zero-order valence-corrected chi connectivity index (χ0v) is 12.3. The molecule has 4 nitrogen and oxygen atoms in total. The molecule has 0 fully saturated rings. The molecule has 0 radical (unpaired) electrons. The van der Waals surface area contributed by atoms with Gasteiger partial charge in [0.1, 0.15) is 5.76 Å². The van der Waals surface area contributed by atoms with Gasteiger partial charge in [0.05, 0.1) is 5.88 Å². The summed E-state index contributed by atoms with van der Waals surface area (Å²) >= 11 is 5.64. The molecule has 1 aromatic heterocycles. The van der Waals surface area contributed by atoms with E-state index in [1.807, 2.05) is 24.3 Å². The molecule has 1 aliphatic heterocycles. The predicted molar refractivity (Wildman–Crippen MR) is 76.0 cm³/mol. The molecule has 0 spiro atoms. The average molecular weight is 312 g/mol. The van der Waals surface area contributed by atoms with E-state index >= 15 is 0 Å². The molecule has 1 aromatic carbocycles. The van der Waals surface area contributed by atoms with Gasteiger partial charge in [-0.05, 0) is 29.7 Å². The number of fused-ring (bicyclic) bond motifs is 1. The molecule has 1 aliphatic rings. The number of alkyl halides is 1. The molecule has 0 amide bonds. The smallest absolute Gasteiger partial charge is 0.276 e. The molecule has 0 unspecified atom stereocenters. The molecule has 0 aliphatic carbocycles. The SMILES string of the molecule is O=S(=O)(c1ccc(CCl)o1)N1CCc2ccccc2C1. The molecule has 0 N–H and O–H groups in total. The number of halogens is 1. The number of benzene rings is 1. The van der Waals surface area contributed by atoms with Crippen molar-refractivity contribution < 1.29 is 12.8 Å². The monoisotopic (exact) mass is 311 g/mol. The van der Waals surface area contributed by atoms with Crippen molar-refractivity contribution in [2.45, 2.75) is 23.9 Å². The Kier molecular flexibility index (Phi) is 3.58. The van der Waals surface area contributed by atoms with Gasteiger partial charge in [-0.15, -0.1) is 11.6 Å². The summed E-state index contributed by atoms with van der Waals surface area (Å²) in [5.74, 6) is 0.626. The lowest BCUT2D eigenvalue weighted by atomic mass is 10.0. The second kappa shape index (κ2) is 5.24. The van der Waals surface area contributed by atoms with Gasteiger partial charge in [-0.1, -0.05) is 24.3 Å². The van der Waals surface area contributed by atoms with Crippen LogP contribution in [0.25, 0.3) is 0 Å². The zero-order valence-electron chi connectivity index (χ0n) is 10.8. The normalized spacial score (nSPS) is 16.1. The number of nitrogens with zero attached hydrogens (tertiary/aromatic N) is 1. The van der Waals surface area contributed by atoms with Gasteiger partial charge in [-0.2, -0.15) is 4.31 Å². The molecule has 20 heavy (non-hydrogen) atoms. The second-order valence-electron chi connectivity index (χ2n) is 4.71. The first kappa shape index (κ1) is 13.7. The Bertz CT molecular complexity index is 724. The minimum Gasteiger partial charge on any atom is -0.447 e. The van der Waals surface area contributed by atoms with Gasteiger partial charge in [0.25, 0.3) is 10.0 Å². The van der Waals surface area contributed by atoms with Crippen molar-refractivity contribution in [2.75, 3.05) is 6.54 Å². The Morgan fingerprint density at radius 3 is 2.60 bits per heavy atom. The molecule has 2 aromatic rings. The van der Waals surface area contributed by atoms with Gasteiger partial charge in [-0.3, -0.25) is 0 Å². The maximum absolute atomic E-state index is 12.5. The number of hydrogen-bond acceptors (Lipinski definition) is 3. The lowest BCUT2D eigenvalue weighted by Gasteiger charge is -2.27. The van der Waals surface area contributed by atoms with Crippen LogP contribution in [0.5, 0.6) is 0 Å². The van der Waals surface area contributed by atoms with Crippen LogP contribution in [0, 0.1) is 0 Å². The quantitative estimate of drug-likeness (QED) is 0.819. The maximum Gasteiger partial charge on any atom is 0.276 e. The first-order valence-corrected chi connectivity index (χ1v) is 8.30. The summed E-state index contributed by atoms with van der Waals surface area (Å²) < 4.78 is 31.8. The van der Waals surface area contributed by atoms with Crippen LogP contribution < -0.4 is 0 Å². The third-order valence-electron chi connectivity index (χ3n) is 3.46. The third-order valence-corrected chi connectivity index (χ3v) is 5.44. The van der Waals surface area contributed by atoms with Crippen molar-refractivity contribution in [3.8, 4) is 0 Å². The molecule has 0 saturated heterocycles. The summed E-state index contributed by atoms with van der Waals surface area (Å²) in [5, 5.41) is -0.0347. The zero-order chi connectivity index (χ0) is 14.2. The van der Waals surface area contributed by atoms with Crippen LogP contribution in [0.1, 0.15) is 16.9 Å². The molecule has 0 atom stereocenters. The van der Waals surface area contributed by atoms with Crippen LogP contribution in [0.4, 0.5) is 0 Å². The summed E-state index contributed by atoms with van der Waals surface area (Å²) in [6.45, 7) is 0.853. The fourth-order valence-corrected chi connectivity index (χ4v) is 3.86. The van der Waals surface area contributed by atoms with Crippen molar-refractivity contribution in [1.82, 2.24) is 4.31 Å². The highest BCUT2D eigenvalue weighted by molar-refractivity contribution is 7.89. The number of hydrogen-bond donors (Lipinski definition) is 0. The Balaban J connectivity index is 1.90. The average Bonchev–Trinajstić information content (AvgIpc) is 2.96. The van der Waals surface area contributed by atoms with Crippen LogP contribution >= 0.6 is 11.6 Å². The molecule has 0 bridgehead atoms. The Hall–Kier alpha value is -1.30. The highest BCUT2D eigenvalue weighted by atomic mass is 35.5. The highest BCUT2D eigenvalue weighted by Crippen LogP contribution is 2.26. The van der Waals surface area contributed by atoms with Crippen LogP contribution in [0.3, 0.4) is 0 Å². The van der Waals surface area contributed by atoms with Gasteiger partial charge in [0.15, 0.2) is 0 Å². The third kappa shape index (κ3) is 2.37. The highest BCUT2D eigenvalue weighted by Gasteiger charge is 2.30. The lowest BCUT2D eigenvalue weighted by molar-refractivity contribution is 0.359. The van der Waals surface area contributed by atoms with E-state index in [9.17, 15) is 8.42 Å². The fraction of sp³-hybridized carbons (Fsp3) is 0.286. The van der Waals surface area contributed by atoms with E-state index < -0.39 is 10.0 Å². The fourth-order valence-electron chi connectivity index (χ4n) is 2.37. The van der Waals surface area contributed by atoms with Crippen LogP contribution in [0.2, 0.25) is 0 Å². The van der Waals surface area contributed by atoms with E-state index in [-0.39, 0.29) is 11.0 Å². The molecule has 2 heterocycles. The summed E-state index contributed by atoms with van der Waals surface area (Å²) in [6, 6.07) is 11.0.